The molecule has 0 aromatic carbocycles. The summed E-state index contributed by atoms with van der Waals surface area (Å²) in [5, 5.41) is 34.0. The number of carbonyl (C=O) groups excluding carboxylic acids is 1. The number of ketones is 1. The van der Waals surface area contributed by atoms with Gasteiger partial charge >= 0.3 is 0 Å². The van der Waals surface area contributed by atoms with E-state index in [1.54, 1.807) is 6.08 Å². The van der Waals surface area contributed by atoms with Gasteiger partial charge in [-0.15, -0.1) is 0 Å². The predicted molar refractivity (Wildman–Crippen MR) is 129 cm³/mol. The molecule has 0 spiro atoms. The van der Waals surface area contributed by atoms with Crippen LogP contribution < -0.4 is 0 Å². The van der Waals surface area contributed by atoms with Crippen LogP contribution in [-0.2, 0) is 4.79 Å². The van der Waals surface area contributed by atoms with Crippen molar-refractivity contribution in [3.8, 4) is 0 Å². The lowest BCUT2D eigenvalue weighted by Gasteiger charge is -2.63. The normalized spacial score (nSPS) is 52.9. The third kappa shape index (κ3) is 3.22. The Morgan fingerprint density at radius 1 is 1.00 bits per heavy atom. The molecule has 0 aliphatic heterocycles. The molecule has 186 valence electrons. The maximum atomic E-state index is 13.3. The van der Waals surface area contributed by atoms with E-state index in [9.17, 15) is 20.1 Å². The predicted octanol–water partition coefficient (Wildman–Crippen LogP) is 5.04. The molecule has 0 unspecified atom stereocenters. The van der Waals surface area contributed by atoms with Gasteiger partial charge < -0.3 is 15.3 Å². The highest BCUT2D eigenvalue weighted by molar-refractivity contribution is 6.00. The third-order valence-corrected chi connectivity index (χ3v) is 12.0. The zero-order chi connectivity index (χ0) is 24.0. The van der Waals surface area contributed by atoms with E-state index in [4.69, 9.17) is 0 Å². The monoisotopic (exact) mass is 458 g/mol. The molecule has 4 fully saturated rings. The van der Waals surface area contributed by atoms with Crippen molar-refractivity contribution in [3.63, 3.8) is 0 Å². The Morgan fingerprint density at radius 2 is 1.67 bits per heavy atom. The molecule has 0 aromatic rings. The topological polar surface area (TPSA) is 77.8 Å². The summed E-state index contributed by atoms with van der Waals surface area (Å²) in [4.78, 5) is 13.3. The van der Waals surface area contributed by atoms with Gasteiger partial charge in [0.1, 0.15) is 5.60 Å². The van der Waals surface area contributed by atoms with Crippen LogP contribution >= 0.6 is 0 Å². The molecule has 0 bridgehead atoms. The summed E-state index contributed by atoms with van der Waals surface area (Å²) in [5.41, 5.74) is -2.75. The minimum Gasteiger partial charge on any atom is -0.393 e. The van der Waals surface area contributed by atoms with Gasteiger partial charge in [-0.25, -0.2) is 0 Å². The van der Waals surface area contributed by atoms with Gasteiger partial charge in [0.25, 0.3) is 0 Å². The minimum absolute atomic E-state index is 0.0355. The highest BCUT2D eigenvalue weighted by Gasteiger charge is 2.71. The van der Waals surface area contributed by atoms with Crippen molar-refractivity contribution in [2.45, 2.75) is 116 Å². The molecule has 4 heteroatoms. The summed E-state index contributed by atoms with van der Waals surface area (Å²) in [5.74, 6) is 3.85. The van der Waals surface area contributed by atoms with Crippen molar-refractivity contribution >= 4 is 5.78 Å². The summed E-state index contributed by atoms with van der Waals surface area (Å²) in [7, 11) is 0. The van der Waals surface area contributed by atoms with Crippen LogP contribution in [0, 0.1) is 46.3 Å². The first-order valence-electron chi connectivity index (χ1n) is 13.8. The average molecular weight is 459 g/mol. The van der Waals surface area contributed by atoms with Gasteiger partial charge in [-0.1, -0.05) is 47.5 Å². The summed E-state index contributed by atoms with van der Waals surface area (Å²) < 4.78 is 0. The maximum Gasteiger partial charge on any atom is 0.188 e. The second-order valence-corrected chi connectivity index (χ2v) is 13.6. The van der Waals surface area contributed by atoms with Crippen LogP contribution in [0.4, 0.5) is 0 Å². The van der Waals surface area contributed by atoms with E-state index in [0.29, 0.717) is 31.1 Å². The zero-order valence-electron chi connectivity index (χ0n) is 21.4. The van der Waals surface area contributed by atoms with Crippen molar-refractivity contribution in [3.05, 3.63) is 11.6 Å². The van der Waals surface area contributed by atoms with Crippen LogP contribution in [0.25, 0.3) is 0 Å². The summed E-state index contributed by atoms with van der Waals surface area (Å²) in [6.07, 6.45) is 9.70. The number of rotatable bonds is 5. The molecule has 5 rings (SSSR count). The Labute approximate surface area is 200 Å². The minimum atomic E-state index is -1.67. The summed E-state index contributed by atoms with van der Waals surface area (Å²) in [6, 6.07) is 0. The molecule has 0 amide bonds. The lowest BCUT2D eigenvalue weighted by Crippen LogP contribution is -2.71. The van der Waals surface area contributed by atoms with Gasteiger partial charge in [0.05, 0.1) is 11.7 Å². The number of carbonyl (C=O) groups is 1. The Morgan fingerprint density at radius 3 is 2.33 bits per heavy atom. The van der Waals surface area contributed by atoms with Gasteiger partial charge in [-0.05, 0) is 97.5 Å². The summed E-state index contributed by atoms with van der Waals surface area (Å²) in [6.45, 7) is 11.6. The first-order valence-corrected chi connectivity index (χ1v) is 13.8. The lowest BCUT2D eigenvalue weighted by atomic mass is 9.43. The highest BCUT2D eigenvalue weighted by Crippen LogP contribution is 2.68. The van der Waals surface area contributed by atoms with Crippen molar-refractivity contribution in [1.29, 1.82) is 0 Å². The standard InChI is InChI=1S/C29H46O4/c1-17(21-14-19(21)3)6-7-18(2)22-8-9-23-24-15-25(31)29(33)16-20(30)10-11-27(29,5)28(24,32)13-12-26(22,23)4/h15,17-23,30,32-33H,6-14,16H2,1-5H3/t17-,18-,19-,20+,21+,22+,23-,26-,27-,28-,29+/m1/s1. The van der Waals surface area contributed by atoms with Gasteiger partial charge in [0.15, 0.2) is 5.78 Å². The average Bonchev–Trinajstić information content (AvgIpc) is 3.39. The third-order valence-electron chi connectivity index (χ3n) is 12.0. The van der Waals surface area contributed by atoms with E-state index in [-0.39, 0.29) is 23.5 Å². The molecular formula is C29H46O4. The van der Waals surface area contributed by atoms with Crippen LogP contribution in [0.1, 0.15) is 98.8 Å². The highest BCUT2D eigenvalue weighted by atomic mass is 16.3. The lowest BCUT2D eigenvalue weighted by molar-refractivity contribution is -0.223. The molecule has 4 saturated carbocycles. The molecule has 5 aliphatic rings. The van der Waals surface area contributed by atoms with E-state index in [1.165, 1.54) is 19.3 Å². The fourth-order valence-corrected chi connectivity index (χ4v) is 9.36. The zero-order valence-corrected chi connectivity index (χ0v) is 21.4. The van der Waals surface area contributed by atoms with Crippen molar-refractivity contribution in [2.75, 3.05) is 0 Å². The second-order valence-electron chi connectivity index (χ2n) is 13.6. The molecule has 11 atom stereocenters. The number of hydrogen-bond donors (Lipinski definition) is 3. The molecule has 0 radical (unpaired) electrons. The van der Waals surface area contributed by atoms with E-state index in [0.717, 1.165) is 42.6 Å². The molecule has 4 nitrogen and oxygen atoms in total. The Balaban J connectivity index is 1.39. The molecule has 0 aromatic heterocycles. The van der Waals surface area contributed by atoms with E-state index < -0.39 is 22.7 Å². The van der Waals surface area contributed by atoms with Gasteiger partial charge in [0.2, 0.25) is 0 Å². The van der Waals surface area contributed by atoms with E-state index >= 15 is 0 Å². The number of hydrogen-bond acceptors (Lipinski definition) is 4. The van der Waals surface area contributed by atoms with Crippen LogP contribution in [0.5, 0.6) is 0 Å². The quantitative estimate of drug-likeness (QED) is 0.539. The molecular weight excluding hydrogens is 412 g/mol. The molecule has 0 saturated heterocycles. The van der Waals surface area contributed by atoms with Crippen LogP contribution in [0.15, 0.2) is 11.6 Å². The number of aliphatic hydroxyl groups is 3. The van der Waals surface area contributed by atoms with E-state index in [1.807, 2.05) is 6.92 Å². The van der Waals surface area contributed by atoms with Gasteiger partial charge in [-0.2, -0.15) is 0 Å². The SMILES string of the molecule is C[C@H](CC[C@@H](C)[C@@H]1CC[C@@H]2C3=CC(=O)[C@@]4(O)C[C@@H](O)CC[C@]4(C)[C@@]3(O)CC[C@@]21C)[C@@H]1C[C@H]1C. The number of aliphatic hydroxyl groups excluding tert-OH is 1. The maximum absolute atomic E-state index is 13.3. The Kier molecular flexibility index (Phi) is 5.56. The van der Waals surface area contributed by atoms with Crippen molar-refractivity contribution in [2.24, 2.45) is 46.3 Å². The fourth-order valence-electron chi connectivity index (χ4n) is 9.36. The first kappa shape index (κ1) is 24.0. The molecule has 3 N–H and O–H groups in total. The Hall–Kier alpha value is -0.710. The summed E-state index contributed by atoms with van der Waals surface area (Å²) >= 11 is 0. The molecule has 33 heavy (non-hydrogen) atoms. The largest absolute Gasteiger partial charge is 0.393 e. The van der Waals surface area contributed by atoms with Crippen molar-refractivity contribution in [1.82, 2.24) is 0 Å². The van der Waals surface area contributed by atoms with Crippen LogP contribution in [0.2, 0.25) is 0 Å². The van der Waals surface area contributed by atoms with Crippen LogP contribution in [-0.4, -0.2) is 38.4 Å². The first-order chi connectivity index (χ1) is 15.4. The van der Waals surface area contributed by atoms with Crippen molar-refractivity contribution < 1.29 is 20.1 Å². The fraction of sp³-hybridized carbons (Fsp3) is 0.897. The molecule has 0 heterocycles. The van der Waals surface area contributed by atoms with E-state index in [2.05, 4.69) is 27.7 Å². The van der Waals surface area contributed by atoms with Crippen LogP contribution in [0.3, 0.4) is 0 Å². The smallest absolute Gasteiger partial charge is 0.188 e. The Bertz CT molecular complexity index is 851. The van der Waals surface area contributed by atoms with Gasteiger partial charge in [0, 0.05) is 11.8 Å². The second kappa shape index (κ2) is 7.64. The molecule has 5 aliphatic carbocycles. The van der Waals surface area contributed by atoms with Gasteiger partial charge in [-0.3, -0.25) is 4.79 Å². The number of fused-ring (bicyclic) bond motifs is 5.